The topological polar surface area (TPSA) is 117 Å². The van der Waals surface area contributed by atoms with Gasteiger partial charge in [0, 0.05) is 6.20 Å². The van der Waals surface area contributed by atoms with Gasteiger partial charge in [-0.2, -0.15) is 5.10 Å². The first-order valence-corrected chi connectivity index (χ1v) is 8.52. The van der Waals surface area contributed by atoms with Gasteiger partial charge in [-0.1, -0.05) is 13.3 Å². The molecule has 0 aliphatic carbocycles. The zero-order valence-corrected chi connectivity index (χ0v) is 12.9. The number of unbranched alkanes of at least 4 members (excludes halogenated alkanes) is 1. The summed E-state index contributed by atoms with van der Waals surface area (Å²) >= 11 is 0. The minimum absolute atomic E-state index is 0.00212. The molecule has 0 saturated heterocycles. The Kier molecular flexibility index (Phi) is 5.21. The predicted molar refractivity (Wildman–Crippen MR) is 80.8 cm³/mol. The summed E-state index contributed by atoms with van der Waals surface area (Å²) < 4.78 is 31.2. The molecule has 0 radical (unpaired) electrons. The van der Waals surface area contributed by atoms with E-state index in [4.69, 9.17) is 4.42 Å². The highest BCUT2D eigenvalue weighted by molar-refractivity contribution is 7.92. The van der Waals surface area contributed by atoms with Crippen molar-refractivity contribution < 1.29 is 17.6 Å². The smallest absolute Gasteiger partial charge is 0.274 e. The number of aromatic nitrogens is 2. The first kappa shape index (κ1) is 16.1. The van der Waals surface area contributed by atoms with Gasteiger partial charge in [-0.3, -0.25) is 14.6 Å². The number of nitrogens with one attached hydrogen (secondary N) is 3. The maximum absolute atomic E-state index is 12.1. The van der Waals surface area contributed by atoms with Crippen LogP contribution in [0.1, 0.15) is 36.0 Å². The standard InChI is InChI=1S/C13H18N4O4S/c1-2-3-7-22(19,20)17-11-9-15-16-12(11)13(18)14-8-10-5-4-6-21-10/h4-6,9,17H,2-3,7-8H2,1H3,(H,14,18)(H,15,16). The monoisotopic (exact) mass is 326 g/mol. The van der Waals surface area contributed by atoms with Gasteiger partial charge in [0.05, 0.1) is 24.2 Å². The second-order valence-electron chi connectivity index (χ2n) is 4.68. The first-order chi connectivity index (χ1) is 10.5. The summed E-state index contributed by atoms with van der Waals surface area (Å²) in [6.45, 7) is 2.10. The van der Waals surface area contributed by atoms with Crippen molar-refractivity contribution >= 4 is 21.6 Å². The molecule has 3 N–H and O–H groups in total. The lowest BCUT2D eigenvalue weighted by atomic mass is 10.3. The zero-order valence-electron chi connectivity index (χ0n) is 12.1. The van der Waals surface area contributed by atoms with Crippen LogP contribution in [0.5, 0.6) is 0 Å². The molecule has 2 heterocycles. The number of carbonyl (C=O) groups excluding carboxylic acids is 1. The number of H-pyrrole nitrogens is 1. The van der Waals surface area contributed by atoms with E-state index < -0.39 is 15.9 Å². The molecule has 0 atom stereocenters. The molecular weight excluding hydrogens is 308 g/mol. The van der Waals surface area contributed by atoms with Crippen LogP contribution in [0.2, 0.25) is 0 Å². The summed E-state index contributed by atoms with van der Waals surface area (Å²) in [6, 6.07) is 3.43. The molecule has 22 heavy (non-hydrogen) atoms. The van der Waals surface area contributed by atoms with Crippen molar-refractivity contribution in [3.63, 3.8) is 0 Å². The Bertz CT molecular complexity index is 706. The largest absolute Gasteiger partial charge is 0.467 e. The zero-order chi connectivity index (χ0) is 16.0. The van der Waals surface area contributed by atoms with Crippen molar-refractivity contribution in [3.8, 4) is 0 Å². The fourth-order valence-corrected chi connectivity index (χ4v) is 3.02. The molecule has 0 bridgehead atoms. The van der Waals surface area contributed by atoms with Crippen LogP contribution in [0.4, 0.5) is 5.69 Å². The quantitative estimate of drug-likeness (QED) is 0.679. The van der Waals surface area contributed by atoms with Gasteiger partial charge in [0.25, 0.3) is 5.91 Å². The van der Waals surface area contributed by atoms with Crippen LogP contribution >= 0.6 is 0 Å². The molecule has 0 aliphatic heterocycles. The number of nitrogens with zero attached hydrogens (tertiary/aromatic N) is 1. The number of hydrogen-bond donors (Lipinski definition) is 3. The third-order valence-corrected chi connectivity index (χ3v) is 4.25. The summed E-state index contributed by atoms with van der Waals surface area (Å²) in [5.41, 5.74) is 0.125. The number of sulfonamides is 1. The SMILES string of the molecule is CCCCS(=O)(=O)Nc1c[nH]nc1C(=O)NCc1ccco1. The first-order valence-electron chi connectivity index (χ1n) is 6.86. The van der Waals surface area contributed by atoms with Crippen LogP contribution in [0.3, 0.4) is 0 Å². The van der Waals surface area contributed by atoms with E-state index in [0.29, 0.717) is 12.2 Å². The Hall–Kier alpha value is -2.29. The van der Waals surface area contributed by atoms with Gasteiger partial charge in [0.15, 0.2) is 5.69 Å². The Morgan fingerprint density at radius 3 is 2.95 bits per heavy atom. The van der Waals surface area contributed by atoms with Crippen LogP contribution in [0.25, 0.3) is 0 Å². The van der Waals surface area contributed by atoms with E-state index in [0.717, 1.165) is 6.42 Å². The summed E-state index contributed by atoms with van der Waals surface area (Å²) in [4.78, 5) is 12.1. The maximum Gasteiger partial charge on any atom is 0.274 e. The molecule has 0 aliphatic rings. The Morgan fingerprint density at radius 1 is 1.45 bits per heavy atom. The van der Waals surface area contributed by atoms with Crippen molar-refractivity contribution in [3.05, 3.63) is 36.0 Å². The Balaban J connectivity index is 2.00. The van der Waals surface area contributed by atoms with E-state index in [9.17, 15) is 13.2 Å². The van der Waals surface area contributed by atoms with E-state index in [-0.39, 0.29) is 23.7 Å². The minimum atomic E-state index is -3.49. The molecule has 8 nitrogen and oxygen atoms in total. The van der Waals surface area contributed by atoms with E-state index in [1.54, 1.807) is 12.1 Å². The van der Waals surface area contributed by atoms with Gasteiger partial charge in [-0.05, 0) is 18.6 Å². The third-order valence-electron chi connectivity index (χ3n) is 2.89. The number of rotatable bonds is 8. The molecule has 0 saturated carbocycles. The lowest BCUT2D eigenvalue weighted by Gasteiger charge is -2.07. The lowest BCUT2D eigenvalue weighted by Crippen LogP contribution is -2.25. The summed E-state index contributed by atoms with van der Waals surface area (Å²) in [6.07, 6.45) is 4.16. The molecule has 0 spiro atoms. The molecule has 1 amide bonds. The van der Waals surface area contributed by atoms with Crippen molar-refractivity contribution in [1.29, 1.82) is 0 Å². The lowest BCUT2D eigenvalue weighted by molar-refractivity contribution is 0.0944. The second-order valence-corrected chi connectivity index (χ2v) is 6.53. The van der Waals surface area contributed by atoms with Crippen molar-refractivity contribution in [2.45, 2.75) is 26.3 Å². The van der Waals surface area contributed by atoms with Crippen LogP contribution in [-0.2, 0) is 16.6 Å². The molecule has 9 heteroatoms. The summed E-state index contributed by atoms with van der Waals surface area (Å²) in [5.74, 6) is 0.0992. The number of hydrogen-bond acceptors (Lipinski definition) is 5. The number of furan rings is 1. The van der Waals surface area contributed by atoms with Gasteiger partial charge in [0.2, 0.25) is 10.0 Å². The number of amides is 1. The molecule has 120 valence electrons. The van der Waals surface area contributed by atoms with Crippen molar-refractivity contribution in [2.75, 3.05) is 10.5 Å². The minimum Gasteiger partial charge on any atom is -0.467 e. The maximum atomic E-state index is 12.1. The second kappa shape index (κ2) is 7.12. The van der Waals surface area contributed by atoms with E-state index in [1.807, 2.05) is 6.92 Å². The van der Waals surface area contributed by atoms with Gasteiger partial charge in [-0.15, -0.1) is 0 Å². The highest BCUT2D eigenvalue weighted by atomic mass is 32.2. The van der Waals surface area contributed by atoms with Gasteiger partial charge >= 0.3 is 0 Å². The molecule has 2 rings (SSSR count). The van der Waals surface area contributed by atoms with E-state index in [2.05, 4.69) is 20.2 Å². The molecule has 2 aromatic rings. The van der Waals surface area contributed by atoms with Crippen LogP contribution in [-0.4, -0.2) is 30.3 Å². The third kappa shape index (κ3) is 4.35. The van der Waals surface area contributed by atoms with Gasteiger partial charge < -0.3 is 9.73 Å². The average molecular weight is 326 g/mol. The fourth-order valence-electron chi connectivity index (χ4n) is 1.76. The van der Waals surface area contributed by atoms with E-state index in [1.165, 1.54) is 12.5 Å². The summed E-state index contributed by atoms with van der Waals surface area (Å²) in [5, 5.41) is 8.88. The predicted octanol–water partition coefficient (Wildman–Crippen LogP) is 1.47. The highest BCUT2D eigenvalue weighted by Crippen LogP contribution is 2.14. The van der Waals surface area contributed by atoms with Crippen molar-refractivity contribution in [2.24, 2.45) is 0 Å². The number of aromatic amines is 1. The molecule has 0 unspecified atom stereocenters. The number of anilines is 1. The van der Waals surface area contributed by atoms with Crippen LogP contribution < -0.4 is 10.0 Å². The highest BCUT2D eigenvalue weighted by Gasteiger charge is 2.19. The number of carbonyl (C=O) groups is 1. The van der Waals surface area contributed by atoms with E-state index >= 15 is 0 Å². The molecule has 2 aromatic heterocycles. The van der Waals surface area contributed by atoms with Crippen LogP contribution in [0, 0.1) is 0 Å². The molecule has 0 aromatic carbocycles. The Labute approximate surface area is 128 Å². The van der Waals surface area contributed by atoms with Crippen LogP contribution in [0.15, 0.2) is 29.0 Å². The average Bonchev–Trinajstić information content (AvgIpc) is 3.13. The summed E-state index contributed by atoms with van der Waals surface area (Å²) in [7, 11) is -3.49. The normalized spacial score (nSPS) is 11.3. The fraction of sp³-hybridized carbons (Fsp3) is 0.385. The van der Waals surface area contributed by atoms with Gasteiger partial charge in [0.1, 0.15) is 5.76 Å². The Morgan fingerprint density at radius 2 is 2.27 bits per heavy atom. The van der Waals surface area contributed by atoms with Gasteiger partial charge in [-0.25, -0.2) is 8.42 Å². The molecular formula is C13H18N4O4S. The molecule has 0 fully saturated rings. The van der Waals surface area contributed by atoms with Crippen molar-refractivity contribution in [1.82, 2.24) is 15.5 Å².